The lowest BCUT2D eigenvalue weighted by atomic mass is 10.2. The molecule has 0 bridgehead atoms. The first-order valence-corrected chi connectivity index (χ1v) is 7.86. The fourth-order valence-corrected chi connectivity index (χ4v) is 2.48. The fourth-order valence-electron chi connectivity index (χ4n) is 2.26. The molecule has 0 unspecified atom stereocenters. The predicted molar refractivity (Wildman–Crippen MR) is 96.5 cm³/mol. The van der Waals surface area contributed by atoms with Gasteiger partial charge in [0.05, 0.1) is 6.20 Å². The first-order chi connectivity index (χ1) is 11.2. The van der Waals surface area contributed by atoms with E-state index in [0.29, 0.717) is 6.54 Å². The number of nitrogens with one attached hydrogen (secondary N) is 1. The Bertz CT molecular complexity index is 790. The Balaban J connectivity index is 1.73. The first-order valence-electron chi connectivity index (χ1n) is 7.41. The highest BCUT2D eigenvalue weighted by molar-refractivity contribution is 7.80. The van der Waals surface area contributed by atoms with Crippen LogP contribution in [0.15, 0.2) is 71.9 Å². The summed E-state index contributed by atoms with van der Waals surface area (Å²) < 4.78 is 5.82. The number of hydrogen-bond acceptors (Lipinski definition) is 4. The number of ether oxygens (including phenoxy) is 1. The molecule has 0 aliphatic heterocycles. The van der Waals surface area contributed by atoms with E-state index in [2.05, 4.69) is 48.1 Å². The van der Waals surface area contributed by atoms with Crippen LogP contribution in [0.5, 0.6) is 11.5 Å². The van der Waals surface area contributed by atoms with E-state index in [4.69, 9.17) is 4.74 Å². The first kappa shape index (κ1) is 15.4. The van der Waals surface area contributed by atoms with Gasteiger partial charge in [-0.05, 0) is 60.5 Å². The molecule has 0 radical (unpaired) electrons. The molecule has 116 valence electrons. The van der Waals surface area contributed by atoms with Crippen LogP contribution in [0.25, 0.3) is 0 Å². The third-order valence-corrected chi connectivity index (χ3v) is 3.86. The monoisotopic (exact) mass is 322 g/mol. The smallest absolute Gasteiger partial charge is 0.145 e. The van der Waals surface area contributed by atoms with Crippen molar-refractivity contribution in [3.05, 3.63) is 78.1 Å². The molecule has 3 nitrogen and oxygen atoms in total. The van der Waals surface area contributed by atoms with E-state index in [1.165, 1.54) is 5.56 Å². The molecule has 0 saturated heterocycles. The van der Waals surface area contributed by atoms with Crippen LogP contribution in [0.2, 0.25) is 0 Å². The molecule has 4 heteroatoms. The minimum Gasteiger partial charge on any atom is -0.456 e. The zero-order chi connectivity index (χ0) is 16.1. The van der Waals surface area contributed by atoms with Gasteiger partial charge in [-0.2, -0.15) is 0 Å². The fraction of sp³-hybridized carbons (Fsp3) is 0.105. The van der Waals surface area contributed by atoms with Crippen molar-refractivity contribution in [1.29, 1.82) is 0 Å². The number of aromatic nitrogens is 1. The highest BCUT2D eigenvalue weighted by Crippen LogP contribution is 2.26. The van der Waals surface area contributed by atoms with Crippen LogP contribution in [0, 0.1) is 6.92 Å². The number of pyridine rings is 1. The molecule has 0 aliphatic carbocycles. The normalized spacial score (nSPS) is 10.3. The van der Waals surface area contributed by atoms with E-state index in [0.717, 1.165) is 27.6 Å². The summed E-state index contributed by atoms with van der Waals surface area (Å²) in [5.74, 6) is 1.49. The van der Waals surface area contributed by atoms with Crippen LogP contribution >= 0.6 is 12.6 Å². The summed E-state index contributed by atoms with van der Waals surface area (Å²) >= 11 is 4.53. The van der Waals surface area contributed by atoms with Crippen molar-refractivity contribution in [2.45, 2.75) is 18.4 Å². The molecule has 23 heavy (non-hydrogen) atoms. The van der Waals surface area contributed by atoms with Crippen LogP contribution in [-0.4, -0.2) is 4.98 Å². The largest absolute Gasteiger partial charge is 0.456 e. The number of hydrogen-bond donors (Lipinski definition) is 2. The number of anilines is 1. The van der Waals surface area contributed by atoms with Gasteiger partial charge < -0.3 is 10.1 Å². The minimum absolute atomic E-state index is 0.687. The standard InChI is InChI=1S/C19H18N2OS/c1-14-4-2-5-16(10-14)21-12-15-11-17(7-8-19(15)23)22-18-6-3-9-20-13-18/h2-11,13,21,23H,12H2,1H3. The van der Waals surface area contributed by atoms with Crippen molar-refractivity contribution < 1.29 is 4.74 Å². The van der Waals surface area contributed by atoms with Crippen molar-refractivity contribution in [3.63, 3.8) is 0 Å². The quantitative estimate of drug-likeness (QED) is 0.643. The lowest BCUT2D eigenvalue weighted by Gasteiger charge is -2.12. The molecule has 0 fully saturated rings. The molecule has 0 saturated carbocycles. The Hall–Kier alpha value is -2.46. The van der Waals surface area contributed by atoms with Crippen LogP contribution in [0.1, 0.15) is 11.1 Å². The predicted octanol–water partition coefficient (Wildman–Crippen LogP) is 5.08. The molecule has 1 heterocycles. The average molecular weight is 322 g/mol. The maximum atomic E-state index is 5.82. The van der Waals surface area contributed by atoms with E-state index in [-0.39, 0.29) is 0 Å². The summed E-state index contributed by atoms with van der Waals surface area (Å²) in [6.07, 6.45) is 3.42. The molecule has 3 aromatic rings. The van der Waals surface area contributed by atoms with E-state index >= 15 is 0 Å². The lowest BCUT2D eigenvalue weighted by Crippen LogP contribution is -2.01. The number of nitrogens with zero attached hydrogens (tertiary/aromatic N) is 1. The summed E-state index contributed by atoms with van der Waals surface area (Å²) in [5, 5.41) is 3.42. The number of rotatable bonds is 5. The Morgan fingerprint density at radius 1 is 1.04 bits per heavy atom. The van der Waals surface area contributed by atoms with E-state index in [1.54, 1.807) is 12.4 Å². The molecule has 0 amide bonds. The number of thiol groups is 1. The second kappa shape index (κ2) is 7.20. The highest BCUT2D eigenvalue weighted by Gasteiger charge is 2.04. The zero-order valence-corrected chi connectivity index (χ0v) is 13.8. The van der Waals surface area contributed by atoms with E-state index in [9.17, 15) is 0 Å². The van der Waals surface area contributed by atoms with Crippen LogP contribution in [0.4, 0.5) is 5.69 Å². The van der Waals surface area contributed by atoms with Crippen molar-refractivity contribution in [1.82, 2.24) is 4.98 Å². The summed E-state index contributed by atoms with van der Waals surface area (Å²) in [7, 11) is 0. The second-order valence-corrected chi connectivity index (χ2v) is 5.79. The molecule has 3 rings (SSSR count). The lowest BCUT2D eigenvalue weighted by molar-refractivity contribution is 0.479. The van der Waals surface area contributed by atoms with Gasteiger partial charge in [-0.3, -0.25) is 4.98 Å². The second-order valence-electron chi connectivity index (χ2n) is 5.30. The van der Waals surface area contributed by atoms with Crippen LogP contribution in [0.3, 0.4) is 0 Å². The van der Waals surface area contributed by atoms with Crippen molar-refractivity contribution in [2.24, 2.45) is 0 Å². The van der Waals surface area contributed by atoms with Crippen LogP contribution < -0.4 is 10.1 Å². The van der Waals surface area contributed by atoms with Gasteiger partial charge in [0.25, 0.3) is 0 Å². The van der Waals surface area contributed by atoms with Gasteiger partial charge >= 0.3 is 0 Å². The molecule has 0 atom stereocenters. The minimum atomic E-state index is 0.687. The van der Waals surface area contributed by atoms with Gasteiger partial charge in [-0.1, -0.05) is 12.1 Å². The van der Waals surface area contributed by atoms with E-state index < -0.39 is 0 Å². The highest BCUT2D eigenvalue weighted by atomic mass is 32.1. The molecule has 0 aliphatic rings. The zero-order valence-electron chi connectivity index (χ0n) is 12.9. The Labute approximate surface area is 141 Å². The van der Waals surface area contributed by atoms with Crippen molar-refractivity contribution >= 4 is 18.3 Å². The van der Waals surface area contributed by atoms with Gasteiger partial charge in [-0.25, -0.2) is 0 Å². The third-order valence-electron chi connectivity index (χ3n) is 3.42. The van der Waals surface area contributed by atoms with Crippen molar-refractivity contribution in [2.75, 3.05) is 5.32 Å². The molecule has 1 aromatic heterocycles. The summed E-state index contributed by atoms with van der Waals surface area (Å²) in [6, 6.07) is 17.9. The van der Waals surface area contributed by atoms with Crippen LogP contribution in [-0.2, 0) is 6.54 Å². The van der Waals surface area contributed by atoms with Gasteiger partial charge in [0.15, 0.2) is 0 Å². The Morgan fingerprint density at radius 3 is 2.74 bits per heavy atom. The molecule has 0 spiro atoms. The summed E-state index contributed by atoms with van der Waals surface area (Å²) in [6.45, 7) is 2.77. The third kappa shape index (κ3) is 4.27. The maximum absolute atomic E-state index is 5.82. The molecular weight excluding hydrogens is 304 g/mol. The summed E-state index contributed by atoms with van der Waals surface area (Å²) in [5.41, 5.74) is 3.40. The summed E-state index contributed by atoms with van der Waals surface area (Å²) in [4.78, 5) is 4.99. The molecule has 2 aromatic carbocycles. The number of benzene rings is 2. The SMILES string of the molecule is Cc1cccc(NCc2cc(Oc3cccnc3)ccc2S)c1. The van der Waals surface area contributed by atoms with Gasteiger partial charge in [-0.15, -0.1) is 12.6 Å². The molecule has 1 N–H and O–H groups in total. The molecular formula is C19H18N2OS. The average Bonchev–Trinajstić information content (AvgIpc) is 2.56. The maximum Gasteiger partial charge on any atom is 0.145 e. The van der Waals surface area contributed by atoms with Gasteiger partial charge in [0.2, 0.25) is 0 Å². The van der Waals surface area contributed by atoms with E-state index in [1.807, 2.05) is 36.4 Å². The Kier molecular flexibility index (Phi) is 4.83. The Morgan fingerprint density at radius 2 is 1.96 bits per heavy atom. The van der Waals surface area contributed by atoms with Gasteiger partial charge in [0.1, 0.15) is 11.5 Å². The van der Waals surface area contributed by atoms with Gasteiger partial charge in [0, 0.05) is 23.3 Å². The van der Waals surface area contributed by atoms with Crippen molar-refractivity contribution in [3.8, 4) is 11.5 Å². The topological polar surface area (TPSA) is 34.1 Å². The number of aryl methyl sites for hydroxylation is 1.